The van der Waals surface area contributed by atoms with Gasteiger partial charge in [-0.1, -0.05) is 80.6 Å². The highest BCUT2D eigenvalue weighted by Gasteiger charge is 2.42. The van der Waals surface area contributed by atoms with Gasteiger partial charge in [0.05, 0.1) is 11.5 Å². The minimum absolute atomic E-state index is 0.103. The number of hydrogen-bond acceptors (Lipinski definition) is 3. The summed E-state index contributed by atoms with van der Waals surface area (Å²) in [6, 6.07) is 20.0. The Kier molecular flexibility index (Phi) is 7.43. The Morgan fingerprint density at radius 3 is 1.97 bits per heavy atom. The molecular weight excluding hydrogens is 360 g/mol. The van der Waals surface area contributed by atoms with Gasteiger partial charge in [0.25, 0.3) is 0 Å². The highest BCUT2D eigenvalue weighted by molar-refractivity contribution is 5.85. The van der Waals surface area contributed by atoms with Crippen LogP contribution in [-0.2, 0) is 9.53 Å². The van der Waals surface area contributed by atoms with Crippen LogP contribution in [0.25, 0.3) is 11.6 Å². The molecule has 0 fully saturated rings. The van der Waals surface area contributed by atoms with E-state index in [4.69, 9.17) is 4.74 Å². The van der Waals surface area contributed by atoms with Crippen molar-refractivity contribution in [2.45, 2.75) is 59.2 Å². The van der Waals surface area contributed by atoms with Crippen molar-refractivity contribution in [1.82, 2.24) is 0 Å². The van der Waals surface area contributed by atoms with Crippen LogP contribution < -0.4 is 0 Å². The largest absolute Gasteiger partial charge is 0.460 e. The second-order valence-corrected chi connectivity index (χ2v) is 9.12. The van der Waals surface area contributed by atoms with Gasteiger partial charge in [-0.15, -0.1) is 0 Å². The van der Waals surface area contributed by atoms with E-state index in [1.807, 2.05) is 95.3 Å². The van der Waals surface area contributed by atoms with E-state index in [9.17, 15) is 9.90 Å². The average molecular weight is 395 g/mol. The maximum absolute atomic E-state index is 13.1. The van der Waals surface area contributed by atoms with Crippen molar-refractivity contribution >= 4 is 17.6 Å². The van der Waals surface area contributed by atoms with E-state index in [-0.39, 0.29) is 11.9 Å². The highest BCUT2D eigenvalue weighted by atomic mass is 16.6. The predicted molar refractivity (Wildman–Crippen MR) is 120 cm³/mol. The predicted octanol–water partition coefficient (Wildman–Crippen LogP) is 5.98. The van der Waals surface area contributed by atoms with E-state index < -0.39 is 17.1 Å². The maximum Gasteiger partial charge on any atom is 0.312 e. The topological polar surface area (TPSA) is 46.5 Å². The summed E-state index contributed by atoms with van der Waals surface area (Å²) in [5.41, 5.74) is 1.27. The molecule has 0 aliphatic heterocycles. The highest BCUT2D eigenvalue weighted by Crippen LogP contribution is 2.36. The molecule has 2 unspecified atom stereocenters. The quantitative estimate of drug-likeness (QED) is 0.464. The number of benzene rings is 2. The molecule has 0 saturated heterocycles. The number of carbonyl (C=O) groups is 1. The van der Waals surface area contributed by atoms with E-state index >= 15 is 0 Å². The molecule has 29 heavy (non-hydrogen) atoms. The molecule has 3 heteroatoms. The van der Waals surface area contributed by atoms with Gasteiger partial charge < -0.3 is 9.84 Å². The van der Waals surface area contributed by atoms with Crippen molar-refractivity contribution in [1.29, 1.82) is 0 Å². The Morgan fingerprint density at radius 1 is 0.966 bits per heavy atom. The Bertz CT molecular complexity index is 812. The summed E-state index contributed by atoms with van der Waals surface area (Å²) in [6.45, 7) is 11.1. The minimum atomic E-state index is -1.20. The molecule has 0 aliphatic rings. The summed E-state index contributed by atoms with van der Waals surface area (Å²) in [7, 11) is 0. The molecular formula is C26H34O3. The fourth-order valence-electron chi connectivity index (χ4n) is 3.19. The normalized spacial score (nSPS) is 15.7. The van der Waals surface area contributed by atoms with Gasteiger partial charge in [-0.25, -0.2) is 0 Å². The molecule has 0 amide bonds. The first-order valence-electron chi connectivity index (χ1n) is 10.3. The van der Waals surface area contributed by atoms with Crippen molar-refractivity contribution < 1.29 is 14.6 Å². The molecule has 0 bridgehead atoms. The number of ether oxygens (including phenoxy) is 1. The summed E-state index contributed by atoms with van der Waals surface area (Å²) in [6.07, 6.45) is 2.47. The molecule has 2 aromatic rings. The molecule has 2 aromatic carbocycles. The maximum atomic E-state index is 13.1. The van der Waals surface area contributed by atoms with E-state index in [1.165, 1.54) is 0 Å². The summed E-state index contributed by atoms with van der Waals surface area (Å²) in [4.78, 5) is 13.1. The Balaban J connectivity index is 2.49. The van der Waals surface area contributed by atoms with Crippen LogP contribution in [0, 0.1) is 11.8 Å². The SMILES string of the molecule is CC(C)C(C)(O)C(C/C(=C/c1ccccc1)c1ccccc1)C(=O)OC(C)(C)C. The van der Waals surface area contributed by atoms with Gasteiger partial charge in [-0.3, -0.25) is 4.79 Å². The van der Waals surface area contributed by atoms with Crippen LogP contribution in [0.1, 0.15) is 59.1 Å². The number of aliphatic hydroxyl groups is 1. The average Bonchev–Trinajstić information content (AvgIpc) is 2.64. The lowest BCUT2D eigenvalue weighted by Crippen LogP contribution is -2.46. The standard InChI is InChI=1S/C26H34O3/c1-19(2)26(6,28)23(24(27)29-25(3,4)5)18-22(21-15-11-8-12-16-21)17-20-13-9-7-10-14-20/h7-17,19,23,28H,18H2,1-6H3/b22-17-. The van der Waals surface area contributed by atoms with E-state index in [0.29, 0.717) is 6.42 Å². The lowest BCUT2D eigenvalue weighted by Gasteiger charge is -2.37. The zero-order valence-corrected chi connectivity index (χ0v) is 18.5. The minimum Gasteiger partial charge on any atom is -0.460 e. The van der Waals surface area contributed by atoms with E-state index in [2.05, 4.69) is 6.08 Å². The summed E-state index contributed by atoms with van der Waals surface area (Å²) < 4.78 is 5.70. The molecule has 0 aromatic heterocycles. The molecule has 0 aliphatic carbocycles. The van der Waals surface area contributed by atoms with Gasteiger partial charge in [0.1, 0.15) is 5.60 Å². The van der Waals surface area contributed by atoms with Crippen LogP contribution in [0.15, 0.2) is 60.7 Å². The summed E-state index contributed by atoms with van der Waals surface area (Å²) in [5.74, 6) is -1.16. The van der Waals surface area contributed by atoms with Gasteiger partial charge in [0.15, 0.2) is 0 Å². The number of allylic oxidation sites excluding steroid dienone is 1. The Hall–Kier alpha value is -2.39. The molecule has 1 N–H and O–H groups in total. The van der Waals surface area contributed by atoms with Crippen LogP contribution in [-0.4, -0.2) is 22.3 Å². The van der Waals surface area contributed by atoms with Crippen molar-refractivity contribution in [3.63, 3.8) is 0 Å². The van der Waals surface area contributed by atoms with Crippen molar-refractivity contribution in [3.05, 3.63) is 71.8 Å². The van der Waals surface area contributed by atoms with E-state index in [0.717, 1.165) is 16.7 Å². The fourth-order valence-corrected chi connectivity index (χ4v) is 3.19. The second kappa shape index (κ2) is 9.41. The van der Waals surface area contributed by atoms with Gasteiger partial charge in [-0.2, -0.15) is 0 Å². The molecule has 3 nitrogen and oxygen atoms in total. The third-order valence-corrected chi connectivity index (χ3v) is 5.27. The van der Waals surface area contributed by atoms with Crippen LogP contribution in [0.4, 0.5) is 0 Å². The van der Waals surface area contributed by atoms with Gasteiger partial charge in [-0.05, 0) is 56.7 Å². The zero-order chi connectivity index (χ0) is 21.7. The molecule has 0 spiro atoms. The number of carbonyl (C=O) groups excluding carboxylic acids is 1. The van der Waals surface area contributed by atoms with Crippen molar-refractivity contribution in [2.75, 3.05) is 0 Å². The van der Waals surface area contributed by atoms with Crippen LogP contribution in [0.3, 0.4) is 0 Å². The first kappa shape index (κ1) is 22.9. The molecule has 0 radical (unpaired) electrons. The summed E-state index contributed by atoms with van der Waals surface area (Å²) in [5, 5.41) is 11.3. The van der Waals surface area contributed by atoms with E-state index in [1.54, 1.807) is 6.92 Å². The molecule has 0 heterocycles. The zero-order valence-electron chi connectivity index (χ0n) is 18.5. The number of esters is 1. The smallest absolute Gasteiger partial charge is 0.312 e. The molecule has 156 valence electrons. The monoisotopic (exact) mass is 394 g/mol. The van der Waals surface area contributed by atoms with Crippen LogP contribution in [0.5, 0.6) is 0 Å². The van der Waals surface area contributed by atoms with Crippen molar-refractivity contribution in [2.24, 2.45) is 11.8 Å². The lowest BCUT2D eigenvalue weighted by atomic mass is 9.75. The lowest BCUT2D eigenvalue weighted by molar-refractivity contribution is -0.171. The van der Waals surface area contributed by atoms with Gasteiger partial charge in [0, 0.05) is 0 Å². The Morgan fingerprint density at radius 2 is 1.48 bits per heavy atom. The molecule has 2 rings (SSSR count). The van der Waals surface area contributed by atoms with Crippen LogP contribution >= 0.6 is 0 Å². The van der Waals surface area contributed by atoms with Gasteiger partial charge >= 0.3 is 5.97 Å². The second-order valence-electron chi connectivity index (χ2n) is 9.12. The number of hydrogen-bond donors (Lipinski definition) is 1. The Labute approximate surface area is 175 Å². The molecule has 0 saturated carbocycles. The first-order valence-corrected chi connectivity index (χ1v) is 10.3. The third-order valence-electron chi connectivity index (χ3n) is 5.27. The van der Waals surface area contributed by atoms with Crippen LogP contribution in [0.2, 0.25) is 0 Å². The number of rotatable bonds is 7. The van der Waals surface area contributed by atoms with Crippen molar-refractivity contribution in [3.8, 4) is 0 Å². The summed E-state index contributed by atoms with van der Waals surface area (Å²) >= 11 is 0. The fraction of sp³-hybridized carbons (Fsp3) is 0.423. The molecule has 2 atom stereocenters. The third kappa shape index (κ3) is 6.57. The van der Waals surface area contributed by atoms with Gasteiger partial charge in [0.2, 0.25) is 0 Å². The first-order chi connectivity index (χ1) is 13.5.